The number of ether oxygens (including phenoxy) is 2. The van der Waals surface area contributed by atoms with Crippen molar-refractivity contribution in [1.82, 2.24) is 10.3 Å². The number of pyridine rings is 1. The van der Waals surface area contributed by atoms with Crippen LogP contribution >= 0.6 is 0 Å². The lowest BCUT2D eigenvalue weighted by molar-refractivity contribution is 0.0954. The fourth-order valence-corrected chi connectivity index (χ4v) is 2.85. The van der Waals surface area contributed by atoms with Crippen molar-refractivity contribution in [3.05, 3.63) is 78.0 Å². The summed E-state index contributed by atoms with van der Waals surface area (Å²) in [6.45, 7) is 0.511. The summed E-state index contributed by atoms with van der Waals surface area (Å²) in [4.78, 5) is 16.8. The molecule has 3 aromatic rings. The SMILES string of the molecule is COc1ccccc1CCNC(=O)c1ccnc(Nc2ccccc2OC)c1. The first-order chi connectivity index (χ1) is 13.7. The highest BCUT2D eigenvalue weighted by Crippen LogP contribution is 2.26. The summed E-state index contributed by atoms with van der Waals surface area (Å²) in [6.07, 6.45) is 2.29. The average molecular weight is 377 g/mol. The highest BCUT2D eigenvalue weighted by atomic mass is 16.5. The fourth-order valence-electron chi connectivity index (χ4n) is 2.85. The van der Waals surface area contributed by atoms with Gasteiger partial charge in [-0.2, -0.15) is 0 Å². The van der Waals surface area contributed by atoms with Crippen LogP contribution in [0.1, 0.15) is 15.9 Å². The van der Waals surface area contributed by atoms with Crippen LogP contribution in [-0.4, -0.2) is 31.7 Å². The number of hydrogen-bond acceptors (Lipinski definition) is 5. The largest absolute Gasteiger partial charge is 0.496 e. The van der Waals surface area contributed by atoms with Crippen molar-refractivity contribution in [2.75, 3.05) is 26.1 Å². The fraction of sp³-hybridized carbons (Fsp3) is 0.182. The van der Waals surface area contributed by atoms with E-state index in [1.807, 2.05) is 48.5 Å². The Balaban J connectivity index is 1.62. The average Bonchev–Trinajstić information content (AvgIpc) is 2.74. The van der Waals surface area contributed by atoms with E-state index < -0.39 is 0 Å². The molecule has 0 saturated heterocycles. The normalized spacial score (nSPS) is 10.2. The molecule has 0 spiro atoms. The Bertz CT molecular complexity index is 944. The number of anilines is 2. The summed E-state index contributed by atoms with van der Waals surface area (Å²) >= 11 is 0. The van der Waals surface area contributed by atoms with E-state index in [9.17, 15) is 4.79 Å². The number of rotatable bonds is 8. The van der Waals surface area contributed by atoms with Crippen LogP contribution in [0.5, 0.6) is 11.5 Å². The van der Waals surface area contributed by atoms with E-state index in [2.05, 4.69) is 15.6 Å². The van der Waals surface area contributed by atoms with Crippen LogP contribution in [0.3, 0.4) is 0 Å². The maximum atomic E-state index is 12.5. The lowest BCUT2D eigenvalue weighted by Gasteiger charge is -2.11. The minimum Gasteiger partial charge on any atom is -0.496 e. The topological polar surface area (TPSA) is 72.5 Å². The third-order valence-electron chi connectivity index (χ3n) is 4.26. The molecule has 0 aliphatic rings. The first-order valence-corrected chi connectivity index (χ1v) is 8.97. The van der Waals surface area contributed by atoms with Gasteiger partial charge in [0.25, 0.3) is 5.91 Å². The Labute approximate surface area is 164 Å². The van der Waals surface area contributed by atoms with Gasteiger partial charge in [0.15, 0.2) is 0 Å². The zero-order valence-corrected chi connectivity index (χ0v) is 15.9. The van der Waals surface area contributed by atoms with E-state index in [1.54, 1.807) is 32.5 Å². The lowest BCUT2D eigenvalue weighted by Crippen LogP contribution is -2.25. The van der Waals surface area contributed by atoms with Gasteiger partial charge in [-0.25, -0.2) is 4.98 Å². The Hall–Kier alpha value is -3.54. The summed E-state index contributed by atoms with van der Waals surface area (Å²) in [5.74, 6) is 1.95. The third kappa shape index (κ3) is 4.79. The molecule has 1 heterocycles. The van der Waals surface area contributed by atoms with Crippen molar-refractivity contribution in [3.8, 4) is 11.5 Å². The minimum absolute atomic E-state index is 0.152. The molecule has 0 bridgehead atoms. The Morgan fingerprint density at radius 1 is 0.964 bits per heavy atom. The molecule has 0 aliphatic carbocycles. The highest BCUT2D eigenvalue weighted by Gasteiger charge is 2.09. The number of nitrogens with one attached hydrogen (secondary N) is 2. The molecule has 28 heavy (non-hydrogen) atoms. The predicted octanol–water partition coefficient (Wildman–Crippen LogP) is 3.81. The van der Waals surface area contributed by atoms with Gasteiger partial charge in [-0.05, 0) is 42.3 Å². The summed E-state index contributed by atoms with van der Waals surface area (Å²) < 4.78 is 10.7. The van der Waals surface area contributed by atoms with Gasteiger partial charge in [-0.3, -0.25) is 4.79 Å². The maximum absolute atomic E-state index is 12.5. The van der Waals surface area contributed by atoms with Gasteiger partial charge in [-0.1, -0.05) is 30.3 Å². The Morgan fingerprint density at radius 3 is 2.46 bits per heavy atom. The molecule has 6 heteroatoms. The zero-order chi connectivity index (χ0) is 19.8. The van der Waals surface area contributed by atoms with Crippen molar-refractivity contribution >= 4 is 17.4 Å². The Morgan fingerprint density at radius 2 is 1.68 bits per heavy atom. The third-order valence-corrected chi connectivity index (χ3v) is 4.26. The molecule has 2 aromatic carbocycles. The van der Waals surface area contributed by atoms with E-state index in [0.717, 1.165) is 17.0 Å². The van der Waals surface area contributed by atoms with Crippen molar-refractivity contribution in [1.29, 1.82) is 0 Å². The van der Waals surface area contributed by atoms with Gasteiger partial charge < -0.3 is 20.1 Å². The second-order valence-corrected chi connectivity index (χ2v) is 6.07. The first kappa shape index (κ1) is 19.2. The number of amides is 1. The number of methoxy groups -OCH3 is 2. The van der Waals surface area contributed by atoms with Crippen LogP contribution < -0.4 is 20.1 Å². The predicted molar refractivity (Wildman–Crippen MR) is 110 cm³/mol. The van der Waals surface area contributed by atoms with Crippen LogP contribution in [0.2, 0.25) is 0 Å². The molecule has 0 radical (unpaired) electrons. The van der Waals surface area contributed by atoms with Crippen LogP contribution in [-0.2, 0) is 6.42 Å². The number of para-hydroxylation sites is 3. The van der Waals surface area contributed by atoms with E-state index in [1.165, 1.54) is 0 Å². The van der Waals surface area contributed by atoms with E-state index >= 15 is 0 Å². The second kappa shape index (κ2) is 9.41. The zero-order valence-electron chi connectivity index (χ0n) is 15.9. The van der Waals surface area contributed by atoms with Crippen LogP contribution in [0.15, 0.2) is 66.9 Å². The molecule has 0 unspecified atom stereocenters. The molecule has 1 aromatic heterocycles. The lowest BCUT2D eigenvalue weighted by atomic mass is 10.1. The van der Waals surface area contributed by atoms with Crippen LogP contribution in [0.4, 0.5) is 11.5 Å². The highest BCUT2D eigenvalue weighted by molar-refractivity contribution is 5.95. The number of carbonyl (C=O) groups excluding carboxylic acids is 1. The van der Waals surface area contributed by atoms with E-state index in [0.29, 0.717) is 30.1 Å². The minimum atomic E-state index is -0.152. The molecule has 2 N–H and O–H groups in total. The standard InChI is InChI=1S/C22H23N3O3/c1-27-19-9-5-3-7-16(19)11-14-24-22(26)17-12-13-23-21(15-17)25-18-8-4-6-10-20(18)28-2/h3-10,12-13,15H,11,14H2,1-2H3,(H,23,25)(H,24,26). The van der Waals surface area contributed by atoms with Crippen LogP contribution in [0.25, 0.3) is 0 Å². The number of nitrogens with zero attached hydrogens (tertiary/aromatic N) is 1. The molecule has 144 valence electrons. The van der Waals surface area contributed by atoms with Crippen molar-refractivity contribution in [3.63, 3.8) is 0 Å². The van der Waals surface area contributed by atoms with Crippen molar-refractivity contribution in [2.24, 2.45) is 0 Å². The molecule has 6 nitrogen and oxygen atoms in total. The molecule has 3 rings (SSSR count). The van der Waals surface area contributed by atoms with Gasteiger partial charge in [-0.15, -0.1) is 0 Å². The molecule has 1 amide bonds. The number of benzene rings is 2. The quantitative estimate of drug-likeness (QED) is 0.624. The van der Waals surface area contributed by atoms with Crippen molar-refractivity contribution < 1.29 is 14.3 Å². The molecule has 0 aliphatic heterocycles. The second-order valence-electron chi connectivity index (χ2n) is 6.07. The molecular weight excluding hydrogens is 354 g/mol. The van der Waals surface area contributed by atoms with E-state index in [-0.39, 0.29) is 5.91 Å². The number of carbonyl (C=O) groups is 1. The maximum Gasteiger partial charge on any atom is 0.251 e. The number of aromatic nitrogens is 1. The summed E-state index contributed by atoms with van der Waals surface area (Å²) in [5, 5.41) is 6.12. The van der Waals surface area contributed by atoms with Gasteiger partial charge in [0, 0.05) is 18.3 Å². The first-order valence-electron chi connectivity index (χ1n) is 8.97. The Kier molecular flexibility index (Phi) is 6.46. The summed E-state index contributed by atoms with van der Waals surface area (Å²) in [7, 11) is 3.25. The smallest absolute Gasteiger partial charge is 0.251 e. The molecule has 0 saturated carbocycles. The number of hydrogen-bond donors (Lipinski definition) is 2. The van der Waals surface area contributed by atoms with Gasteiger partial charge in [0.05, 0.1) is 19.9 Å². The van der Waals surface area contributed by atoms with Crippen molar-refractivity contribution in [2.45, 2.75) is 6.42 Å². The molecule has 0 fully saturated rings. The van der Waals surface area contributed by atoms with Gasteiger partial charge in [0.2, 0.25) is 0 Å². The monoisotopic (exact) mass is 377 g/mol. The molecular formula is C22H23N3O3. The van der Waals surface area contributed by atoms with Gasteiger partial charge >= 0.3 is 0 Å². The summed E-state index contributed by atoms with van der Waals surface area (Å²) in [6, 6.07) is 18.7. The van der Waals surface area contributed by atoms with Gasteiger partial charge in [0.1, 0.15) is 17.3 Å². The molecule has 0 atom stereocenters. The van der Waals surface area contributed by atoms with E-state index in [4.69, 9.17) is 9.47 Å². The summed E-state index contributed by atoms with van der Waals surface area (Å²) in [5.41, 5.74) is 2.37. The van der Waals surface area contributed by atoms with Crippen LogP contribution in [0, 0.1) is 0 Å².